The van der Waals surface area contributed by atoms with Crippen LogP contribution in [0.15, 0.2) is 0 Å². The minimum atomic E-state index is 0. The zero-order chi connectivity index (χ0) is 5.91. The van der Waals surface area contributed by atoms with Crippen molar-refractivity contribution >= 4 is 25.8 Å². The molecule has 0 rings (SSSR count). The molecule has 49 valence electrons. The molecule has 0 aliphatic heterocycles. The molecule has 0 unspecified atom stereocenters. The molecule has 2 heteroatoms. The Morgan fingerprint density at radius 1 is 1.25 bits per heavy atom. The van der Waals surface area contributed by atoms with Crippen molar-refractivity contribution in [3.63, 3.8) is 0 Å². The number of rotatable bonds is 2. The highest BCUT2D eigenvalue weighted by molar-refractivity contribution is 9.10. The number of hydrogen-bond acceptors (Lipinski definition) is 0. The summed E-state index contributed by atoms with van der Waals surface area (Å²) in [6, 6.07) is 0. The molecular formula is C6H13BrP. The Labute approximate surface area is 64.2 Å². The van der Waals surface area contributed by atoms with E-state index in [0.717, 1.165) is 0 Å². The van der Waals surface area contributed by atoms with Crippen LogP contribution >= 0.6 is 25.8 Å². The highest BCUT2D eigenvalue weighted by atomic mass is 79.9. The maximum Gasteiger partial charge on any atom is 0.0224 e. The molecule has 0 aromatic carbocycles. The highest BCUT2D eigenvalue weighted by Gasteiger charge is 2.12. The molecule has 0 amide bonds. The van der Waals surface area contributed by atoms with Gasteiger partial charge < -0.3 is 0 Å². The fourth-order valence-corrected chi connectivity index (χ4v) is 0.250. The van der Waals surface area contributed by atoms with Crippen LogP contribution in [0, 0.1) is 0 Å². The molecule has 3 radical (unpaired) electrons. The van der Waals surface area contributed by atoms with Gasteiger partial charge in [-0.2, -0.15) is 0 Å². The first kappa shape index (κ1) is 11.7. The van der Waals surface area contributed by atoms with Crippen LogP contribution in [0.5, 0.6) is 0 Å². The van der Waals surface area contributed by atoms with Crippen LogP contribution in [0.1, 0.15) is 33.6 Å². The normalized spacial score (nSPS) is 10.5. The van der Waals surface area contributed by atoms with Crippen molar-refractivity contribution < 1.29 is 0 Å². The van der Waals surface area contributed by atoms with Gasteiger partial charge in [-0.25, -0.2) is 0 Å². The molecule has 0 saturated heterocycles. The third kappa shape index (κ3) is 5.05. The Morgan fingerprint density at radius 3 is 1.50 bits per heavy atom. The van der Waals surface area contributed by atoms with Crippen LogP contribution in [0.4, 0.5) is 0 Å². The number of alkyl halides is 1. The fourth-order valence-electron chi connectivity index (χ4n) is 0.250. The number of hydrogen-bond donors (Lipinski definition) is 0. The van der Waals surface area contributed by atoms with E-state index in [9.17, 15) is 0 Å². The third-order valence-corrected chi connectivity index (χ3v) is 2.60. The van der Waals surface area contributed by atoms with Crippen LogP contribution in [0.2, 0.25) is 0 Å². The van der Waals surface area contributed by atoms with Crippen LogP contribution in [-0.2, 0) is 0 Å². The van der Waals surface area contributed by atoms with E-state index in [-0.39, 0.29) is 9.90 Å². The van der Waals surface area contributed by atoms with Gasteiger partial charge in [0.2, 0.25) is 0 Å². The van der Waals surface area contributed by atoms with Crippen LogP contribution in [0.25, 0.3) is 0 Å². The summed E-state index contributed by atoms with van der Waals surface area (Å²) in [4.78, 5) is 0. The van der Waals surface area contributed by atoms with Crippen molar-refractivity contribution in [2.24, 2.45) is 0 Å². The lowest BCUT2D eigenvalue weighted by atomic mass is 10.1. The van der Waals surface area contributed by atoms with E-state index in [1.165, 1.54) is 12.8 Å². The first-order valence-electron chi connectivity index (χ1n) is 2.81. The summed E-state index contributed by atoms with van der Waals surface area (Å²) >= 11 is 3.58. The minimum absolute atomic E-state index is 0. The zero-order valence-corrected chi connectivity index (χ0v) is 8.22. The second-order valence-electron chi connectivity index (χ2n) is 2.12. The predicted molar refractivity (Wildman–Crippen MR) is 44.8 cm³/mol. The largest absolute Gasteiger partial charge is 0.0857 e. The van der Waals surface area contributed by atoms with Crippen molar-refractivity contribution in [1.82, 2.24) is 0 Å². The van der Waals surface area contributed by atoms with Gasteiger partial charge in [-0.3, -0.25) is 0 Å². The number of halogens is 1. The van der Waals surface area contributed by atoms with Gasteiger partial charge in [-0.15, -0.1) is 0 Å². The van der Waals surface area contributed by atoms with E-state index in [0.29, 0.717) is 4.32 Å². The summed E-state index contributed by atoms with van der Waals surface area (Å²) in [7, 11) is 0. The molecule has 0 fully saturated rings. The molecule has 0 aliphatic carbocycles. The van der Waals surface area contributed by atoms with Crippen molar-refractivity contribution in [3.05, 3.63) is 0 Å². The molecule has 0 aromatic heterocycles. The quantitative estimate of drug-likeness (QED) is 0.465. The zero-order valence-electron chi connectivity index (χ0n) is 5.74. The smallest absolute Gasteiger partial charge is 0.0224 e. The summed E-state index contributed by atoms with van der Waals surface area (Å²) in [5, 5.41) is 0. The molecule has 0 nitrogen and oxygen atoms in total. The molecule has 8 heavy (non-hydrogen) atoms. The standard InChI is InChI=1S/C6H13Br.P/c1-4-6(3,7)5-2;/h4-5H2,1-3H3;. The topological polar surface area (TPSA) is 0 Å². The minimum Gasteiger partial charge on any atom is -0.0857 e. The second-order valence-corrected chi connectivity index (χ2v) is 4.03. The lowest BCUT2D eigenvalue weighted by molar-refractivity contribution is 0.614. The Kier molecular flexibility index (Phi) is 6.94. The summed E-state index contributed by atoms with van der Waals surface area (Å²) in [6.07, 6.45) is 2.42. The predicted octanol–water partition coefficient (Wildman–Crippen LogP) is 3.82. The summed E-state index contributed by atoms with van der Waals surface area (Å²) in [5.74, 6) is 0. The van der Waals surface area contributed by atoms with Crippen molar-refractivity contribution in [1.29, 1.82) is 0 Å². The second kappa shape index (κ2) is 4.76. The van der Waals surface area contributed by atoms with E-state index >= 15 is 0 Å². The molecule has 0 saturated carbocycles. The maximum atomic E-state index is 3.58. The summed E-state index contributed by atoms with van der Waals surface area (Å²) < 4.78 is 0.396. The summed E-state index contributed by atoms with van der Waals surface area (Å²) in [6.45, 7) is 6.60. The molecule has 0 aliphatic rings. The van der Waals surface area contributed by atoms with Gasteiger partial charge in [0.1, 0.15) is 0 Å². The molecule has 0 bridgehead atoms. The molecule has 0 atom stereocenters. The Balaban J connectivity index is 0. The molecular weight excluding hydrogens is 183 g/mol. The lowest BCUT2D eigenvalue weighted by Gasteiger charge is -2.16. The maximum absolute atomic E-state index is 3.58. The first-order chi connectivity index (χ1) is 3.12. The molecule has 0 aromatic rings. The lowest BCUT2D eigenvalue weighted by Crippen LogP contribution is -2.10. The Bertz CT molecular complexity index is 46.5. The SMILES string of the molecule is CCC(C)(Br)CC.[P]. The average molecular weight is 196 g/mol. The van der Waals surface area contributed by atoms with Gasteiger partial charge in [0.15, 0.2) is 0 Å². The Morgan fingerprint density at radius 2 is 1.50 bits per heavy atom. The van der Waals surface area contributed by atoms with E-state index in [1.54, 1.807) is 0 Å². The van der Waals surface area contributed by atoms with Gasteiger partial charge in [0.25, 0.3) is 0 Å². The van der Waals surface area contributed by atoms with Crippen LogP contribution in [0.3, 0.4) is 0 Å². The van der Waals surface area contributed by atoms with Crippen LogP contribution < -0.4 is 0 Å². The average Bonchev–Trinajstić information content (AvgIpc) is 1.68. The highest BCUT2D eigenvalue weighted by Crippen LogP contribution is 2.24. The van der Waals surface area contributed by atoms with E-state index in [1.807, 2.05) is 0 Å². The van der Waals surface area contributed by atoms with E-state index in [4.69, 9.17) is 0 Å². The van der Waals surface area contributed by atoms with Gasteiger partial charge in [0, 0.05) is 14.2 Å². The first-order valence-corrected chi connectivity index (χ1v) is 3.60. The summed E-state index contributed by atoms with van der Waals surface area (Å²) in [5.41, 5.74) is 0. The van der Waals surface area contributed by atoms with Crippen molar-refractivity contribution in [3.8, 4) is 0 Å². The monoisotopic (exact) mass is 195 g/mol. The van der Waals surface area contributed by atoms with E-state index < -0.39 is 0 Å². The molecule has 0 spiro atoms. The van der Waals surface area contributed by atoms with Gasteiger partial charge in [-0.1, -0.05) is 29.8 Å². The van der Waals surface area contributed by atoms with Crippen molar-refractivity contribution in [2.75, 3.05) is 0 Å². The fraction of sp³-hybridized carbons (Fsp3) is 1.00. The van der Waals surface area contributed by atoms with Gasteiger partial charge in [-0.05, 0) is 19.8 Å². The molecule has 0 heterocycles. The van der Waals surface area contributed by atoms with Crippen LogP contribution in [-0.4, -0.2) is 4.32 Å². The van der Waals surface area contributed by atoms with Gasteiger partial charge in [0.05, 0.1) is 0 Å². The van der Waals surface area contributed by atoms with Gasteiger partial charge >= 0.3 is 0 Å². The van der Waals surface area contributed by atoms with E-state index in [2.05, 4.69) is 36.7 Å². The third-order valence-electron chi connectivity index (χ3n) is 1.47. The molecule has 0 N–H and O–H groups in total. The Hall–Kier alpha value is 0.910. The van der Waals surface area contributed by atoms with Crippen molar-refractivity contribution in [2.45, 2.75) is 37.9 Å².